The summed E-state index contributed by atoms with van der Waals surface area (Å²) in [5.41, 5.74) is 2.35. The molecule has 0 saturated carbocycles. The van der Waals surface area contributed by atoms with Gasteiger partial charge in [-0.2, -0.15) is 0 Å². The van der Waals surface area contributed by atoms with E-state index in [-0.39, 0.29) is 12.7 Å². The van der Waals surface area contributed by atoms with Crippen LogP contribution in [-0.2, 0) is 0 Å². The first-order valence-corrected chi connectivity index (χ1v) is 6.89. The van der Waals surface area contributed by atoms with Gasteiger partial charge >= 0.3 is 0 Å². The molecule has 0 atom stereocenters. The Hall–Kier alpha value is -2.01. The Morgan fingerprint density at radius 2 is 1.95 bits per heavy atom. The van der Waals surface area contributed by atoms with Gasteiger partial charge in [0.15, 0.2) is 11.5 Å². The maximum absolute atomic E-state index is 12.2. The zero-order valence-corrected chi connectivity index (χ0v) is 12.4. The molecule has 1 heterocycles. The van der Waals surface area contributed by atoms with Crippen LogP contribution in [0.3, 0.4) is 0 Å². The van der Waals surface area contributed by atoms with E-state index in [9.17, 15) is 4.79 Å². The van der Waals surface area contributed by atoms with Crippen molar-refractivity contribution in [2.24, 2.45) is 0 Å². The van der Waals surface area contributed by atoms with Gasteiger partial charge in [0.25, 0.3) is 5.91 Å². The van der Waals surface area contributed by atoms with E-state index in [2.05, 4.69) is 21.2 Å². The second-order valence-corrected chi connectivity index (χ2v) is 5.46. The molecule has 1 aliphatic rings. The molecule has 20 heavy (non-hydrogen) atoms. The number of halogens is 1. The predicted molar refractivity (Wildman–Crippen MR) is 79.4 cm³/mol. The molecule has 102 valence electrons. The van der Waals surface area contributed by atoms with Gasteiger partial charge in [-0.3, -0.25) is 4.79 Å². The van der Waals surface area contributed by atoms with Crippen LogP contribution in [0.2, 0.25) is 0 Å². The number of amides is 1. The van der Waals surface area contributed by atoms with E-state index >= 15 is 0 Å². The van der Waals surface area contributed by atoms with Gasteiger partial charge in [0.1, 0.15) is 0 Å². The van der Waals surface area contributed by atoms with Crippen molar-refractivity contribution in [1.29, 1.82) is 0 Å². The maximum atomic E-state index is 12.2. The van der Waals surface area contributed by atoms with Gasteiger partial charge in [0.05, 0.1) is 0 Å². The van der Waals surface area contributed by atoms with Crippen molar-refractivity contribution in [3.05, 3.63) is 52.0 Å². The van der Waals surface area contributed by atoms with Crippen LogP contribution < -0.4 is 14.8 Å². The van der Waals surface area contributed by atoms with Crippen LogP contribution in [0.15, 0.2) is 40.9 Å². The van der Waals surface area contributed by atoms with Crippen LogP contribution in [-0.4, -0.2) is 12.7 Å². The second-order valence-electron chi connectivity index (χ2n) is 4.54. The largest absolute Gasteiger partial charge is 0.454 e. The summed E-state index contributed by atoms with van der Waals surface area (Å²) in [7, 11) is 0. The van der Waals surface area contributed by atoms with Gasteiger partial charge in [-0.1, -0.05) is 15.9 Å². The van der Waals surface area contributed by atoms with Gasteiger partial charge in [0, 0.05) is 15.7 Å². The lowest BCUT2D eigenvalue weighted by atomic mass is 10.1. The van der Waals surface area contributed by atoms with Crippen molar-refractivity contribution in [1.82, 2.24) is 0 Å². The van der Waals surface area contributed by atoms with Gasteiger partial charge < -0.3 is 14.8 Å². The number of ether oxygens (including phenoxy) is 2. The Balaban J connectivity index is 1.82. The van der Waals surface area contributed by atoms with E-state index in [1.54, 1.807) is 18.2 Å². The molecule has 1 aliphatic heterocycles. The van der Waals surface area contributed by atoms with Gasteiger partial charge in [-0.05, 0) is 48.9 Å². The van der Waals surface area contributed by atoms with E-state index in [0.29, 0.717) is 17.1 Å². The molecule has 0 saturated heterocycles. The molecule has 5 heteroatoms. The fourth-order valence-electron chi connectivity index (χ4n) is 2.05. The second kappa shape index (κ2) is 5.17. The molecule has 0 spiro atoms. The third-order valence-electron chi connectivity index (χ3n) is 2.93. The van der Waals surface area contributed by atoms with Gasteiger partial charge in [-0.25, -0.2) is 0 Å². The summed E-state index contributed by atoms with van der Waals surface area (Å²) in [5, 5.41) is 2.87. The van der Waals surface area contributed by atoms with E-state index in [0.717, 1.165) is 15.7 Å². The number of anilines is 1. The molecule has 4 nitrogen and oxygen atoms in total. The molecule has 0 fully saturated rings. The van der Waals surface area contributed by atoms with Crippen molar-refractivity contribution in [2.45, 2.75) is 6.92 Å². The monoisotopic (exact) mass is 333 g/mol. The van der Waals surface area contributed by atoms with Crippen LogP contribution in [0.4, 0.5) is 5.69 Å². The van der Waals surface area contributed by atoms with Crippen LogP contribution in [0.1, 0.15) is 15.9 Å². The molecular formula is C15H12BrNO3. The zero-order valence-electron chi connectivity index (χ0n) is 10.8. The summed E-state index contributed by atoms with van der Waals surface area (Å²) in [6, 6.07) is 10.9. The summed E-state index contributed by atoms with van der Waals surface area (Å²) in [4.78, 5) is 12.2. The van der Waals surface area contributed by atoms with Crippen LogP contribution >= 0.6 is 15.9 Å². The van der Waals surface area contributed by atoms with E-state index < -0.39 is 0 Å². The Labute approximate surface area is 124 Å². The van der Waals surface area contributed by atoms with Crippen molar-refractivity contribution < 1.29 is 14.3 Å². The maximum Gasteiger partial charge on any atom is 0.255 e. The summed E-state index contributed by atoms with van der Waals surface area (Å²) in [6.07, 6.45) is 0. The number of nitrogens with one attached hydrogen (secondary N) is 1. The molecule has 0 radical (unpaired) electrons. The molecule has 0 aromatic heterocycles. The first-order valence-electron chi connectivity index (χ1n) is 6.10. The number of hydrogen-bond donors (Lipinski definition) is 1. The normalized spacial score (nSPS) is 12.3. The molecule has 0 unspecified atom stereocenters. The summed E-state index contributed by atoms with van der Waals surface area (Å²) < 4.78 is 11.4. The average molecular weight is 334 g/mol. The highest BCUT2D eigenvalue weighted by Gasteiger charge is 2.16. The lowest BCUT2D eigenvalue weighted by molar-refractivity contribution is 0.102. The van der Waals surface area contributed by atoms with Crippen molar-refractivity contribution in [2.75, 3.05) is 12.1 Å². The minimum atomic E-state index is -0.180. The summed E-state index contributed by atoms with van der Waals surface area (Å²) in [6.45, 7) is 2.17. The Kier molecular flexibility index (Phi) is 3.36. The van der Waals surface area contributed by atoms with Crippen LogP contribution in [0.25, 0.3) is 0 Å². The molecular weight excluding hydrogens is 322 g/mol. The molecule has 3 rings (SSSR count). The first-order chi connectivity index (χ1) is 9.61. The lowest BCUT2D eigenvalue weighted by Gasteiger charge is -2.07. The van der Waals surface area contributed by atoms with Gasteiger partial charge in [-0.15, -0.1) is 0 Å². The smallest absolute Gasteiger partial charge is 0.255 e. The first kappa shape index (κ1) is 13.0. The minimum absolute atomic E-state index is 0.180. The van der Waals surface area contributed by atoms with E-state index in [4.69, 9.17) is 9.47 Å². The molecule has 0 aliphatic carbocycles. The standard InChI is InChI=1S/C15H12BrNO3/c1-9-4-11(16)7-12(5-9)17-15(18)10-2-3-13-14(6-10)20-8-19-13/h2-7H,8H2,1H3,(H,17,18). The third-order valence-corrected chi connectivity index (χ3v) is 3.39. The lowest BCUT2D eigenvalue weighted by Crippen LogP contribution is -2.11. The molecule has 1 N–H and O–H groups in total. The third kappa shape index (κ3) is 2.63. The predicted octanol–water partition coefficient (Wildman–Crippen LogP) is 3.74. The molecule has 2 aromatic carbocycles. The SMILES string of the molecule is Cc1cc(Br)cc(NC(=O)c2ccc3c(c2)OCO3)c1. The van der Waals surface area contributed by atoms with Crippen molar-refractivity contribution in [3.8, 4) is 11.5 Å². The highest BCUT2D eigenvalue weighted by molar-refractivity contribution is 9.10. The average Bonchev–Trinajstić information content (AvgIpc) is 2.84. The molecule has 0 bridgehead atoms. The number of fused-ring (bicyclic) bond motifs is 1. The topological polar surface area (TPSA) is 47.6 Å². The Morgan fingerprint density at radius 1 is 1.15 bits per heavy atom. The highest BCUT2D eigenvalue weighted by Crippen LogP contribution is 2.32. The molecule has 1 amide bonds. The molecule has 2 aromatic rings. The fraction of sp³-hybridized carbons (Fsp3) is 0.133. The quantitative estimate of drug-likeness (QED) is 0.910. The Bertz CT molecular complexity index is 665. The van der Waals surface area contributed by atoms with Crippen molar-refractivity contribution in [3.63, 3.8) is 0 Å². The Morgan fingerprint density at radius 3 is 2.75 bits per heavy atom. The zero-order chi connectivity index (χ0) is 14.1. The van der Waals surface area contributed by atoms with Crippen LogP contribution in [0.5, 0.6) is 11.5 Å². The highest BCUT2D eigenvalue weighted by atomic mass is 79.9. The number of carbonyl (C=O) groups is 1. The number of benzene rings is 2. The summed E-state index contributed by atoms with van der Waals surface area (Å²) >= 11 is 3.41. The van der Waals surface area contributed by atoms with Crippen molar-refractivity contribution >= 4 is 27.5 Å². The number of hydrogen-bond acceptors (Lipinski definition) is 3. The number of carbonyl (C=O) groups excluding carboxylic acids is 1. The van der Waals surface area contributed by atoms with Crippen LogP contribution in [0, 0.1) is 6.92 Å². The fourth-order valence-corrected chi connectivity index (χ4v) is 2.66. The van der Waals surface area contributed by atoms with E-state index in [1.807, 2.05) is 25.1 Å². The van der Waals surface area contributed by atoms with E-state index in [1.165, 1.54) is 0 Å². The number of aryl methyl sites for hydroxylation is 1. The minimum Gasteiger partial charge on any atom is -0.454 e. The number of rotatable bonds is 2. The van der Waals surface area contributed by atoms with Gasteiger partial charge in [0.2, 0.25) is 6.79 Å². The summed E-state index contributed by atoms with van der Waals surface area (Å²) in [5.74, 6) is 1.09.